The summed E-state index contributed by atoms with van der Waals surface area (Å²) in [5, 5.41) is 11.9. The van der Waals surface area contributed by atoms with Crippen LogP contribution in [-0.4, -0.2) is 36.5 Å². The second-order valence-corrected chi connectivity index (χ2v) is 3.90. The molecule has 0 aliphatic carbocycles. The van der Waals surface area contributed by atoms with E-state index in [-0.39, 0.29) is 11.9 Å². The molecule has 1 rings (SSSR count). The SMILES string of the molecule is CC.CCCCNCC(=O)N1CCCC1C#N. The molecule has 0 bridgehead atoms. The molecule has 1 saturated heterocycles. The first-order chi connectivity index (χ1) is 8.29. The van der Waals surface area contributed by atoms with Gasteiger partial charge in [0.15, 0.2) is 0 Å². The average Bonchev–Trinajstić information content (AvgIpc) is 2.85. The number of carbonyl (C=O) groups is 1. The minimum Gasteiger partial charge on any atom is -0.326 e. The van der Waals surface area contributed by atoms with Crippen LogP contribution in [0.2, 0.25) is 0 Å². The molecule has 0 spiro atoms. The number of rotatable bonds is 5. The summed E-state index contributed by atoms with van der Waals surface area (Å²) < 4.78 is 0. The second-order valence-electron chi connectivity index (χ2n) is 3.90. The summed E-state index contributed by atoms with van der Waals surface area (Å²) in [4.78, 5) is 13.4. The Balaban J connectivity index is 0.00000121. The number of unbranched alkanes of at least 4 members (excludes halogenated alkanes) is 1. The minimum atomic E-state index is -0.189. The molecule has 1 aliphatic heterocycles. The summed E-state index contributed by atoms with van der Waals surface area (Å²) in [5.74, 6) is 0.0650. The van der Waals surface area contributed by atoms with Crippen LogP contribution >= 0.6 is 0 Å². The van der Waals surface area contributed by atoms with E-state index >= 15 is 0 Å². The summed E-state index contributed by atoms with van der Waals surface area (Å²) in [6.07, 6.45) is 4.01. The predicted octanol–water partition coefficient (Wildman–Crippen LogP) is 1.92. The molecular formula is C13H25N3O. The highest BCUT2D eigenvalue weighted by Gasteiger charge is 2.27. The Bertz CT molecular complexity index is 248. The summed E-state index contributed by atoms with van der Waals surface area (Å²) in [7, 11) is 0. The Kier molecular flexibility index (Phi) is 9.46. The number of carbonyl (C=O) groups excluding carboxylic acids is 1. The van der Waals surface area contributed by atoms with Gasteiger partial charge in [-0.3, -0.25) is 4.79 Å². The Morgan fingerprint density at radius 2 is 2.24 bits per heavy atom. The molecule has 1 heterocycles. The van der Waals surface area contributed by atoms with Crippen molar-refractivity contribution in [3.8, 4) is 6.07 Å². The average molecular weight is 239 g/mol. The molecule has 0 aromatic carbocycles. The largest absolute Gasteiger partial charge is 0.326 e. The molecule has 98 valence electrons. The number of nitrogens with zero attached hydrogens (tertiary/aromatic N) is 2. The molecule has 4 heteroatoms. The van der Waals surface area contributed by atoms with E-state index in [0.29, 0.717) is 6.54 Å². The first kappa shape index (κ1) is 15.9. The lowest BCUT2D eigenvalue weighted by atomic mass is 10.2. The Morgan fingerprint density at radius 1 is 1.53 bits per heavy atom. The fourth-order valence-electron chi connectivity index (χ4n) is 1.80. The normalized spacial score (nSPS) is 18.2. The van der Waals surface area contributed by atoms with Gasteiger partial charge in [0, 0.05) is 6.54 Å². The van der Waals surface area contributed by atoms with E-state index in [4.69, 9.17) is 5.26 Å². The topological polar surface area (TPSA) is 56.1 Å². The highest BCUT2D eigenvalue weighted by atomic mass is 16.2. The van der Waals surface area contributed by atoms with Crippen LogP contribution in [0.15, 0.2) is 0 Å². The van der Waals surface area contributed by atoms with Crippen molar-refractivity contribution in [3.63, 3.8) is 0 Å². The summed E-state index contributed by atoms with van der Waals surface area (Å²) in [6, 6.07) is 1.98. The quantitative estimate of drug-likeness (QED) is 0.746. The Labute approximate surface area is 105 Å². The number of hydrogen-bond donors (Lipinski definition) is 1. The van der Waals surface area contributed by atoms with E-state index in [1.807, 2.05) is 13.8 Å². The van der Waals surface area contributed by atoms with E-state index < -0.39 is 0 Å². The number of hydrogen-bond acceptors (Lipinski definition) is 3. The lowest BCUT2D eigenvalue weighted by Crippen LogP contribution is -2.40. The van der Waals surface area contributed by atoms with Gasteiger partial charge >= 0.3 is 0 Å². The van der Waals surface area contributed by atoms with Crippen molar-refractivity contribution < 1.29 is 4.79 Å². The van der Waals surface area contributed by atoms with Gasteiger partial charge in [0.2, 0.25) is 5.91 Å². The van der Waals surface area contributed by atoms with Crippen molar-refractivity contribution in [2.24, 2.45) is 0 Å². The number of nitrogens with one attached hydrogen (secondary N) is 1. The van der Waals surface area contributed by atoms with Crippen LogP contribution in [0.3, 0.4) is 0 Å². The highest BCUT2D eigenvalue weighted by Crippen LogP contribution is 2.15. The van der Waals surface area contributed by atoms with Crippen LogP contribution < -0.4 is 5.32 Å². The summed E-state index contributed by atoms with van der Waals surface area (Å²) in [5.41, 5.74) is 0. The van der Waals surface area contributed by atoms with Crippen molar-refractivity contribution in [1.82, 2.24) is 10.2 Å². The zero-order chi connectivity index (χ0) is 13.1. The second kappa shape index (κ2) is 10.1. The van der Waals surface area contributed by atoms with Crippen LogP contribution in [0.4, 0.5) is 0 Å². The van der Waals surface area contributed by atoms with Crippen molar-refractivity contribution >= 4 is 5.91 Å². The maximum Gasteiger partial charge on any atom is 0.237 e. The van der Waals surface area contributed by atoms with Crippen molar-refractivity contribution in [1.29, 1.82) is 5.26 Å². The molecule has 0 saturated carbocycles. The molecule has 1 fully saturated rings. The van der Waals surface area contributed by atoms with Gasteiger partial charge in [0.1, 0.15) is 6.04 Å². The van der Waals surface area contributed by atoms with Gasteiger partial charge in [-0.15, -0.1) is 0 Å². The van der Waals surface area contributed by atoms with Crippen LogP contribution in [-0.2, 0) is 4.79 Å². The maximum absolute atomic E-state index is 11.7. The molecule has 1 aliphatic rings. The third-order valence-electron chi connectivity index (χ3n) is 2.71. The van der Waals surface area contributed by atoms with E-state index in [0.717, 1.165) is 38.8 Å². The van der Waals surface area contributed by atoms with Crippen molar-refractivity contribution in [2.45, 2.75) is 52.5 Å². The molecule has 4 nitrogen and oxygen atoms in total. The zero-order valence-electron chi connectivity index (χ0n) is 11.3. The van der Waals surface area contributed by atoms with Gasteiger partial charge in [-0.25, -0.2) is 0 Å². The molecule has 0 aromatic heterocycles. The monoisotopic (exact) mass is 239 g/mol. The van der Waals surface area contributed by atoms with Gasteiger partial charge in [-0.2, -0.15) is 5.26 Å². The van der Waals surface area contributed by atoms with Crippen molar-refractivity contribution in [3.05, 3.63) is 0 Å². The van der Waals surface area contributed by atoms with Crippen LogP contribution in [0.5, 0.6) is 0 Å². The first-order valence-corrected chi connectivity index (χ1v) is 6.69. The van der Waals surface area contributed by atoms with Gasteiger partial charge in [-0.1, -0.05) is 27.2 Å². The van der Waals surface area contributed by atoms with E-state index in [1.165, 1.54) is 0 Å². The fourth-order valence-corrected chi connectivity index (χ4v) is 1.80. The number of nitriles is 1. The zero-order valence-corrected chi connectivity index (χ0v) is 11.3. The first-order valence-electron chi connectivity index (χ1n) is 6.69. The molecule has 1 atom stereocenters. The predicted molar refractivity (Wildman–Crippen MR) is 69.5 cm³/mol. The maximum atomic E-state index is 11.7. The molecule has 17 heavy (non-hydrogen) atoms. The fraction of sp³-hybridized carbons (Fsp3) is 0.846. The van der Waals surface area contributed by atoms with Gasteiger partial charge in [0.05, 0.1) is 12.6 Å². The highest BCUT2D eigenvalue weighted by molar-refractivity contribution is 5.79. The van der Waals surface area contributed by atoms with E-state index in [2.05, 4.69) is 18.3 Å². The van der Waals surface area contributed by atoms with Gasteiger partial charge < -0.3 is 10.2 Å². The van der Waals surface area contributed by atoms with E-state index in [9.17, 15) is 4.79 Å². The standard InChI is InChI=1S/C11H19N3O.C2H6/c1-2-3-6-13-9-11(15)14-7-4-5-10(14)8-12;1-2/h10,13H,2-7,9H2,1H3;1-2H3. The number of likely N-dealkylation sites (tertiary alicyclic amines) is 1. The number of amides is 1. The minimum absolute atomic E-state index is 0.0650. The molecule has 1 N–H and O–H groups in total. The van der Waals surface area contributed by atoms with Gasteiger partial charge in [0.25, 0.3) is 0 Å². The van der Waals surface area contributed by atoms with Gasteiger partial charge in [-0.05, 0) is 25.8 Å². The molecule has 1 amide bonds. The molecule has 0 aromatic rings. The third kappa shape index (κ3) is 5.69. The molecule has 1 unspecified atom stereocenters. The van der Waals surface area contributed by atoms with Crippen LogP contribution in [0.1, 0.15) is 46.5 Å². The lowest BCUT2D eigenvalue weighted by Gasteiger charge is -2.19. The van der Waals surface area contributed by atoms with Crippen molar-refractivity contribution in [2.75, 3.05) is 19.6 Å². The van der Waals surface area contributed by atoms with E-state index in [1.54, 1.807) is 4.90 Å². The summed E-state index contributed by atoms with van der Waals surface area (Å²) in [6.45, 7) is 8.12. The smallest absolute Gasteiger partial charge is 0.237 e. The third-order valence-corrected chi connectivity index (χ3v) is 2.71. The lowest BCUT2D eigenvalue weighted by molar-refractivity contribution is -0.130. The Hall–Kier alpha value is -1.08. The Morgan fingerprint density at radius 3 is 2.82 bits per heavy atom. The summed E-state index contributed by atoms with van der Waals surface area (Å²) >= 11 is 0. The molecule has 0 radical (unpaired) electrons. The van der Waals surface area contributed by atoms with Crippen LogP contribution in [0.25, 0.3) is 0 Å². The molecular weight excluding hydrogens is 214 g/mol. The van der Waals surface area contributed by atoms with Crippen LogP contribution in [0, 0.1) is 11.3 Å².